The fourth-order valence-corrected chi connectivity index (χ4v) is 9.83. The number of fused-ring (bicyclic) bond motifs is 3. The van der Waals surface area contributed by atoms with Crippen molar-refractivity contribution in [2.24, 2.45) is 17.8 Å². The molecule has 2 aliphatic heterocycles. The van der Waals surface area contributed by atoms with Crippen molar-refractivity contribution in [3.05, 3.63) is 47.1 Å². The van der Waals surface area contributed by atoms with E-state index >= 15 is 0 Å². The Labute approximate surface area is 398 Å². The van der Waals surface area contributed by atoms with Crippen molar-refractivity contribution in [2.45, 2.75) is 179 Å². The van der Waals surface area contributed by atoms with Gasteiger partial charge in [-0.1, -0.05) is 109 Å². The van der Waals surface area contributed by atoms with Crippen LogP contribution in [0.3, 0.4) is 0 Å². The second-order valence-electron chi connectivity index (χ2n) is 17.9. The minimum Gasteiger partial charge on any atom is -0.462 e. The number of carbonyl (C=O) groups excluding carboxylic acids is 3. The lowest BCUT2D eigenvalue weighted by molar-refractivity contribution is -0.186. The minimum absolute atomic E-state index is 0.0758. The number of aliphatic hydroxyl groups is 4. The normalized spacial score (nSPS) is 30.3. The van der Waals surface area contributed by atoms with Crippen molar-refractivity contribution in [3.63, 3.8) is 0 Å². The van der Waals surface area contributed by atoms with Crippen LogP contribution in [0.15, 0.2) is 41.4 Å². The summed E-state index contributed by atoms with van der Waals surface area (Å²) in [7, 11) is -11.3. The minimum atomic E-state index is -5.71. The molecule has 21 nitrogen and oxygen atoms in total. The van der Waals surface area contributed by atoms with E-state index in [9.17, 15) is 58.5 Å². The maximum absolute atomic E-state index is 13.9. The third kappa shape index (κ3) is 22.3. The van der Waals surface area contributed by atoms with Crippen molar-refractivity contribution in [1.29, 1.82) is 0 Å². The second kappa shape index (κ2) is 30.5. The van der Waals surface area contributed by atoms with Crippen molar-refractivity contribution in [2.75, 3.05) is 25.6 Å². The highest BCUT2D eigenvalue weighted by Gasteiger charge is 2.45. The van der Waals surface area contributed by atoms with Gasteiger partial charge >= 0.3 is 33.3 Å². The molecule has 11 atom stereocenters. The van der Waals surface area contributed by atoms with Crippen molar-refractivity contribution in [1.82, 2.24) is 9.55 Å². The van der Waals surface area contributed by atoms with Crippen molar-refractivity contribution in [3.8, 4) is 0 Å². The molecule has 0 radical (unpaired) electrons. The standard InChI is InChI=1S/C45H75N3O18P2/c1-4-5-13-19-32(49)23-24-34-36(50)27-37(51)35-20-15-11-12-17-22-41(53)64-33(28-61-40(52)21-16-10-8-6-7-9-14-18-31(2)3)29-62-67(57,58)66-68(59,60)63-30-38(43(55)42(34)54)65-44(35)48-26-25-39(46)47-45(48)56/h11,15,23-26,31-35,37-38,42-44,49,51,54-55H,4-10,12-14,16-22,27-30H2,1-3H3,(H,57,58)(H,59,60)(H2,46,47,56)/t32-,33+,34-,35-,37-,38+,42-,43+,44+/m0/s1. The molecule has 2 unspecified atom stereocenters. The van der Waals surface area contributed by atoms with Crippen LogP contribution in [0.1, 0.15) is 143 Å². The van der Waals surface area contributed by atoms with Crippen LogP contribution in [0.5, 0.6) is 0 Å². The van der Waals surface area contributed by atoms with Gasteiger partial charge in [-0.15, -0.1) is 0 Å². The number of hydrogen-bond acceptors (Lipinski definition) is 18. The summed E-state index contributed by atoms with van der Waals surface area (Å²) >= 11 is 0. The smallest absolute Gasteiger partial charge is 0.462 e. The number of cyclic esters (lactones) is 1. The third-order valence-electron chi connectivity index (χ3n) is 11.6. The molecular formula is C45H75N3O18P2. The zero-order valence-electron chi connectivity index (χ0n) is 39.5. The number of phosphoric ester groups is 2. The molecule has 0 spiro atoms. The Morgan fingerprint density at radius 2 is 1.60 bits per heavy atom. The Balaban J connectivity index is 1.90. The number of hydrogen-bond donors (Lipinski definition) is 7. The van der Waals surface area contributed by atoms with Crippen LogP contribution in [-0.4, -0.2) is 114 Å². The zero-order valence-corrected chi connectivity index (χ0v) is 41.3. The monoisotopic (exact) mass is 1010 g/mol. The van der Waals surface area contributed by atoms with Gasteiger partial charge in [0.25, 0.3) is 0 Å². The molecule has 388 valence electrons. The molecule has 8 N–H and O–H groups in total. The van der Waals surface area contributed by atoms with Crippen molar-refractivity contribution >= 4 is 39.2 Å². The number of esters is 2. The van der Waals surface area contributed by atoms with Gasteiger partial charge in [0.1, 0.15) is 36.6 Å². The lowest BCUT2D eigenvalue weighted by atomic mass is 9.83. The lowest BCUT2D eigenvalue weighted by Crippen LogP contribution is -2.51. The number of anilines is 1. The summed E-state index contributed by atoms with van der Waals surface area (Å²) in [4.78, 5) is 77.7. The summed E-state index contributed by atoms with van der Waals surface area (Å²) in [6.07, 6.45) is 5.13. The van der Waals surface area contributed by atoms with E-state index in [2.05, 4.69) is 23.1 Å². The number of carbonyl (C=O) groups is 3. The summed E-state index contributed by atoms with van der Waals surface area (Å²) in [5, 5.41) is 45.6. The maximum Gasteiger partial charge on any atom is 0.481 e. The molecule has 1 saturated heterocycles. The van der Waals surface area contributed by atoms with Crippen LogP contribution in [0.4, 0.5) is 5.82 Å². The number of ether oxygens (including phenoxy) is 3. The number of unbranched alkanes of at least 4 members (excludes halogenated alkanes) is 8. The van der Waals surface area contributed by atoms with Gasteiger partial charge in [0.15, 0.2) is 6.10 Å². The Hall–Kier alpha value is -3.17. The van der Waals surface area contributed by atoms with Gasteiger partial charge in [-0.25, -0.2) is 13.9 Å². The number of nitrogens with zero attached hydrogens (tertiary/aromatic N) is 2. The van der Waals surface area contributed by atoms with Gasteiger partial charge in [0.2, 0.25) is 0 Å². The van der Waals surface area contributed by atoms with E-state index in [-0.39, 0.29) is 37.9 Å². The molecule has 0 aliphatic carbocycles. The van der Waals surface area contributed by atoms with Crippen LogP contribution >= 0.6 is 15.6 Å². The first kappa shape index (κ1) is 59.1. The van der Waals surface area contributed by atoms with Gasteiger partial charge in [-0.3, -0.25) is 28.0 Å². The van der Waals surface area contributed by atoms with Gasteiger partial charge in [0.05, 0.1) is 37.4 Å². The van der Waals surface area contributed by atoms with Crippen LogP contribution in [0.2, 0.25) is 0 Å². The number of aliphatic hydroxyl groups excluding tert-OH is 4. The molecule has 2 aliphatic rings. The number of Topliss-reactive ketones (excluding diaryl/α,β-unsaturated/α-hetero) is 1. The number of nitrogen functional groups attached to an aromatic ring is 1. The largest absolute Gasteiger partial charge is 0.481 e. The van der Waals surface area contributed by atoms with Crippen LogP contribution in [0.25, 0.3) is 0 Å². The molecule has 0 saturated carbocycles. The summed E-state index contributed by atoms with van der Waals surface area (Å²) in [5.74, 6) is -4.53. The molecule has 23 heteroatoms. The summed E-state index contributed by atoms with van der Waals surface area (Å²) in [5.41, 5.74) is 4.73. The first-order valence-corrected chi connectivity index (χ1v) is 26.8. The molecule has 0 amide bonds. The van der Waals surface area contributed by atoms with Gasteiger partial charge in [-0.2, -0.15) is 9.29 Å². The van der Waals surface area contributed by atoms with Crippen LogP contribution in [0, 0.1) is 17.8 Å². The number of aromatic nitrogens is 2. The molecule has 3 rings (SSSR count). The Morgan fingerprint density at radius 1 is 0.941 bits per heavy atom. The zero-order chi connectivity index (χ0) is 50.3. The highest BCUT2D eigenvalue weighted by Crippen LogP contribution is 2.60. The predicted molar refractivity (Wildman–Crippen MR) is 248 cm³/mol. The Bertz CT molecular complexity index is 1910. The fraction of sp³-hybridized carbons (Fsp3) is 0.756. The maximum atomic E-state index is 13.9. The second-order valence-corrected chi connectivity index (χ2v) is 20.9. The molecule has 1 aromatic rings. The average molecular weight is 1010 g/mol. The number of nitrogens with two attached hydrogens (primary N) is 1. The average Bonchev–Trinajstić information content (AvgIpc) is 3.25. The Kier molecular flexibility index (Phi) is 26.6. The SMILES string of the molecule is CCCCC[C@H](O)C=C[C@H]1C(=O)C[C@H](O)[C@@H]2CC=CCCCC(=O)O[C@H](COC(=O)CCCCCCCCCC(C)C)COP(=O)(O)OP(=O)(O)OC[C@@H](O[C@H]2n2ccc(N)nc2=O)[C@@H](O)[C@H]1O. The van der Waals surface area contributed by atoms with Gasteiger partial charge < -0.3 is 50.2 Å². The number of rotatable bonds is 19. The van der Waals surface area contributed by atoms with Crippen LogP contribution in [-0.2, 0) is 51.1 Å². The third-order valence-corrected chi connectivity index (χ3v) is 14.2. The predicted octanol–water partition coefficient (Wildman–Crippen LogP) is 5.50. The number of ketones is 1. The number of allylic oxidation sites excluding steroid dienone is 2. The summed E-state index contributed by atoms with van der Waals surface area (Å²) in [6.45, 7) is 3.63. The van der Waals surface area contributed by atoms with E-state index in [0.717, 1.165) is 55.7 Å². The van der Waals surface area contributed by atoms with E-state index in [1.807, 2.05) is 6.92 Å². The Morgan fingerprint density at radius 3 is 2.28 bits per heavy atom. The molecule has 68 heavy (non-hydrogen) atoms. The molecule has 1 fully saturated rings. The molecule has 1 aromatic heterocycles. The summed E-state index contributed by atoms with van der Waals surface area (Å²) in [6, 6.07) is 1.22. The van der Waals surface area contributed by atoms with Crippen molar-refractivity contribution < 1.29 is 81.3 Å². The number of phosphoric acid groups is 2. The van der Waals surface area contributed by atoms with E-state index in [1.54, 1.807) is 12.2 Å². The van der Waals surface area contributed by atoms with E-state index in [0.29, 0.717) is 25.2 Å². The molecule has 0 aromatic carbocycles. The quantitative estimate of drug-likeness (QED) is 0.0389. The van der Waals surface area contributed by atoms with Gasteiger partial charge in [-0.05, 0) is 44.1 Å². The highest BCUT2D eigenvalue weighted by molar-refractivity contribution is 7.61. The topological polar surface area (TPSA) is 323 Å². The van der Waals surface area contributed by atoms with E-state index in [4.69, 9.17) is 29.0 Å². The molecule has 3 heterocycles. The van der Waals surface area contributed by atoms with Crippen LogP contribution < -0.4 is 11.4 Å². The van der Waals surface area contributed by atoms with E-state index in [1.165, 1.54) is 31.1 Å². The van der Waals surface area contributed by atoms with E-state index < -0.39 is 120 Å². The summed E-state index contributed by atoms with van der Waals surface area (Å²) < 4.78 is 58.6. The highest BCUT2D eigenvalue weighted by atomic mass is 31.3. The lowest BCUT2D eigenvalue weighted by Gasteiger charge is -2.39. The fourth-order valence-electron chi connectivity index (χ4n) is 7.72. The first-order chi connectivity index (χ1) is 32.2. The first-order valence-electron chi connectivity index (χ1n) is 23.8. The molecule has 2 bridgehead atoms. The molecular weight excluding hydrogens is 932 g/mol. The van der Waals surface area contributed by atoms with Gasteiger partial charge in [0, 0.05) is 31.4 Å².